The summed E-state index contributed by atoms with van der Waals surface area (Å²) < 4.78 is 10.4. The minimum absolute atomic E-state index is 0.161. The van der Waals surface area contributed by atoms with Crippen LogP contribution in [0.5, 0.6) is 11.5 Å². The van der Waals surface area contributed by atoms with E-state index in [9.17, 15) is 9.59 Å². The Bertz CT molecular complexity index is 670. The number of hydrogen-bond donors (Lipinski definition) is 2. The molecule has 1 aromatic carbocycles. The molecule has 0 spiro atoms. The second kappa shape index (κ2) is 5.84. The Morgan fingerprint density at radius 3 is 2.81 bits per heavy atom. The van der Waals surface area contributed by atoms with Gasteiger partial charge in [-0.2, -0.15) is 11.3 Å². The van der Waals surface area contributed by atoms with Crippen molar-refractivity contribution in [1.29, 1.82) is 0 Å². The molecule has 3 rings (SSSR count). The quantitative estimate of drug-likeness (QED) is 0.847. The predicted octanol–water partition coefficient (Wildman–Crippen LogP) is 1.73. The van der Waals surface area contributed by atoms with Gasteiger partial charge in [0.15, 0.2) is 11.5 Å². The van der Waals surface area contributed by atoms with Crippen LogP contribution in [0.1, 0.15) is 5.56 Å². The van der Waals surface area contributed by atoms with Crippen molar-refractivity contribution in [3.8, 4) is 11.5 Å². The zero-order valence-electron chi connectivity index (χ0n) is 10.9. The molecule has 0 saturated heterocycles. The fourth-order valence-corrected chi connectivity index (χ4v) is 2.49. The summed E-state index contributed by atoms with van der Waals surface area (Å²) in [5.74, 6) is -0.232. The SMILES string of the molecule is O=C(NCc1ccsc1)C(=O)Nc1ccc2c(c1)OCO2. The molecule has 0 saturated carbocycles. The van der Waals surface area contributed by atoms with E-state index in [2.05, 4.69) is 10.6 Å². The summed E-state index contributed by atoms with van der Waals surface area (Å²) in [5.41, 5.74) is 1.44. The summed E-state index contributed by atoms with van der Waals surface area (Å²) in [6, 6.07) is 6.84. The first-order valence-electron chi connectivity index (χ1n) is 6.22. The fourth-order valence-electron chi connectivity index (χ4n) is 1.82. The molecule has 1 aliphatic heterocycles. The van der Waals surface area contributed by atoms with Crippen LogP contribution in [0.4, 0.5) is 5.69 Å². The fraction of sp³-hybridized carbons (Fsp3) is 0.143. The molecule has 1 aliphatic rings. The van der Waals surface area contributed by atoms with E-state index in [-0.39, 0.29) is 6.79 Å². The molecule has 2 heterocycles. The summed E-state index contributed by atoms with van der Waals surface area (Å²) in [6.45, 7) is 0.491. The van der Waals surface area contributed by atoms with Crippen LogP contribution in [-0.4, -0.2) is 18.6 Å². The van der Waals surface area contributed by atoms with E-state index in [1.54, 1.807) is 18.2 Å². The summed E-state index contributed by atoms with van der Waals surface area (Å²) in [6.07, 6.45) is 0. The molecule has 108 valence electrons. The third-order valence-electron chi connectivity index (χ3n) is 2.87. The number of carbonyl (C=O) groups excluding carboxylic acids is 2. The average Bonchev–Trinajstić information content (AvgIpc) is 3.15. The monoisotopic (exact) mass is 304 g/mol. The second-order valence-electron chi connectivity index (χ2n) is 4.34. The average molecular weight is 304 g/mol. The van der Waals surface area contributed by atoms with Crippen LogP contribution in [0, 0.1) is 0 Å². The van der Waals surface area contributed by atoms with Gasteiger partial charge in [-0.3, -0.25) is 9.59 Å². The van der Waals surface area contributed by atoms with Crippen LogP contribution in [0.25, 0.3) is 0 Å². The molecule has 21 heavy (non-hydrogen) atoms. The lowest BCUT2D eigenvalue weighted by Crippen LogP contribution is -2.34. The normalized spacial score (nSPS) is 12.0. The number of benzene rings is 1. The van der Waals surface area contributed by atoms with Gasteiger partial charge in [0, 0.05) is 18.3 Å². The van der Waals surface area contributed by atoms with Crippen LogP contribution in [0.3, 0.4) is 0 Å². The molecule has 0 aliphatic carbocycles. The maximum Gasteiger partial charge on any atom is 0.313 e. The van der Waals surface area contributed by atoms with Gasteiger partial charge in [0.05, 0.1) is 0 Å². The van der Waals surface area contributed by atoms with Crippen molar-refractivity contribution in [2.75, 3.05) is 12.1 Å². The zero-order valence-corrected chi connectivity index (χ0v) is 11.7. The molecule has 7 heteroatoms. The van der Waals surface area contributed by atoms with Crippen molar-refractivity contribution in [1.82, 2.24) is 5.32 Å². The standard InChI is InChI=1S/C14H12N2O4S/c17-13(15-6-9-3-4-21-7-9)14(18)16-10-1-2-11-12(5-10)20-8-19-11/h1-5,7H,6,8H2,(H,15,17)(H,16,18). The zero-order chi connectivity index (χ0) is 14.7. The van der Waals surface area contributed by atoms with E-state index in [1.165, 1.54) is 11.3 Å². The molecule has 0 fully saturated rings. The largest absolute Gasteiger partial charge is 0.454 e. The Labute approximate surface area is 124 Å². The van der Waals surface area contributed by atoms with Crippen LogP contribution in [-0.2, 0) is 16.1 Å². The number of anilines is 1. The third-order valence-corrected chi connectivity index (χ3v) is 3.60. The number of rotatable bonds is 3. The van der Waals surface area contributed by atoms with Crippen LogP contribution in [0.15, 0.2) is 35.0 Å². The van der Waals surface area contributed by atoms with Crippen molar-refractivity contribution in [2.45, 2.75) is 6.54 Å². The molecule has 2 amide bonds. The number of hydrogen-bond acceptors (Lipinski definition) is 5. The van der Waals surface area contributed by atoms with E-state index in [1.807, 2.05) is 16.8 Å². The van der Waals surface area contributed by atoms with Crippen molar-refractivity contribution in [3.05, 3.63) is 40.6 Å². The number of nitrogens with one attached hydrogen (secondary N) is 2. The van der Waals surface area contributed by atoms with Gasteiger partial charge < -0.3 is 20.1 Å². The summed E-state index contributed by atoms with van der Waals surface area (Å²) in [5, 5.41) is 8.90. The molecule has 6 nitrogen and oxygen atoms in total. The highest BCUT2D eigenvalue weighted by molar-refractivity contribution is 7.07. The molecule has 0 unspecified atom stereocenters. The predicted molar refractivity (Wildman–Crippen MR) is 77.4 cm³/mol. The van der Waals surface area contributed by atoms with E-state index in [4.69, 9.17) is 9.47 Å². The number of carbonyl (C=O) groups is 2. The summed E-state index contributed by atoms with van der Waals surface area (Å²) in [4.78, 5) is 23.5. The van der Waals surface area contributed by atoms with Gasteiger partial charge in [-0.05, 0) is 34.5 Å². The lowest BCUT2D eigenvalue weighted by atomic mass is 10.2. The van der Waals surface area contributed by atoms with E-state index in [0.717, 1.165) is 5.56 Å². The van der Waals surface area contributed by atoms with Gasteiger partial charge in [0.1, 0.15) is 0 Å². The Kier molecular flexibility index (Phi) is 3.74. The maximum atomic E-state index is 11.8. The Balaban J connectivity index is 1.56. The third kappa shape index (κ3) is 3.14. The molecule has 1 aromatic heterocycles. The molecule has 0 atom stereocenters. The van der Waals surface area contributed by atoms with Gasteiger partial charge in [0.25, 0.3) is 0 Å². The maximum absolute atomic E-state index is 11.8. The van der Waals surface area contributed by atoms with Crippen molar-refractivity contribution >= 4 is 28.8 Å². The molecule has 0 bridgehead atoms. The van der Waals surface area contributed by atoms with Crippen molar-refractivity contribution in [3.63, 3.8) is 0 Å². The molecule has 2 aromatic rings. The Morgan fingerprint density at radius 1 is 1.14 bits per heavy atom. The molecule has 2 N–H and O–H groups in total. The highest BCUT2D eigenvalue weighted by Gasteiger charge is 2.17. The van der Waals surface area contributed by atoms with Gasteiger partial charge >= 0.3 is 11.8 Å². The highest BCUT2D eigenvalue weighted by Crippen LogP contribution is 2.34. The lowest BCUT2D eigenvalue weighted by molar-refractivity contribution is -0.136. The smallest absolute Gasteiger partial charge is 0.313 e. The van der Waals surface area contributed by atoms with Gasteiger partial charge in [0.2, 0.25) is 6.79 Å². The summed E-state index contributed by atoms with van der Waals surface area (Å²) >= 11 is 1.54. The number of amides is 2. The van der Waals surface area contributed by atoms with Crippen molar-refractivity contribution in [2.24, 2.45) is 0 Å². The molecular weight excluding hydrogens is 292 g/mol. The van der Waals surface area contributed by atoms with Crippen molar-refractivity contribution < 1.29 is 19.1 Å². The van der Waals surface area contributed by atoms with Gasteiger partial charge in [-0.1, -0.05) is 0 Å². The van der Waals surface area contributed by atoms with Crippen LogP contribution in [0.2, 0.25) is 0 Å². The molecular formula is C14H12N2O4S. The minimum atomic E-state index is -0.718. The number of ether oxygens (including phenoxy) is 2. The first-order valence-corrected chi connectivity index (χ1v) is 7.16. The van der Waals surface area contributed by atoms with Gasteiger partial charge in [-0.25, -0.2) is 0 Å². The minimum Gasteiger partial charge on any atom is -0.454 e. The van der Waals surface area contributed by atoms with Crippen LogP contribution < -0.4 is 20.1 Å². The number of thiophene rings is 1. The first-order chi connectivity index (χ1) is 10.2. The lowest BCUT2D eigenvalue weighted by Gasteiger charge is -2.06. The Morgan fingerprint density at radius 2 is 2.00 bits per heavy atom. The first kappa shape index (κ1) is 13.4. The highest BCUT2D eigenvalue weighted by atomic mass is 32.1. The topological polar surface area (TPSA) is 76.7 Å². The van der Waals surface area contributed by atoms with E-state index >= 15 is 0 Å². The van der Waals surface area contributed by atoms with Crippen LogP contribution >= 0.6 is 11.3 Å². The molecule has 0 radical (unpaired) electrons. The van der Waals surface area contributed by atoms with E-state index < -0.39 is 11.8 Å². The van der Waals surface area contributed by atoms with Gasteiger partial charge in [-0.15, -0.1) is 0 Å². The van der Waals surface area contributed by atoms with E-state index in [0.29, 0.717) is 23.7 Å². The number of fused-ring (bicyclic) bond motifs is 1. The second-order valence-corrected chi connectivity index (χ2v) is 5.12. The Hall–Kier alpha value is -2.54. The summed E-state index contributed by atoms with van der Waals surface area (Å²) in [7, 11) is 0.